The molecule has 0 aliphatic carbocycles. The Morgan fingerprint density at radius 1 is 1.60 bits per heavy atom. The molecule has 1 heterocycles. The summed E-state index contributed by atoms with van der Waals surface area (Å²) in [7, 11) is 1.52. The van der Waals surface area contributed by atoms with Crippen LogP contribution in [0.1, 0.15) is 12.5 Å². The molecule has 0 spiro atoms. The number of pyridine rings is 1. The van der Waals surface area contributed by atoms with Crippen LogP contribution < -0.4 is 4.74 Å². The molecule has 0 unspecified atom stereocenters. The number of methoxy groups -OCH3 is 1. The summed E-state index contributed by atoms with van der Waals surface area (Å²) in [4.78, 5) is 14.8. The van der Waals surface area contributed by atoms with Crippen molar-refractivity contribution in [2.24, 2.45) is 0 Å². The van der Waals surface area contributed by atoms with Gasteiger partial charge in [-0.25, -0.2) is 9.78 Å². The molecule has 0 amide bonds. The fourth-order valence-electron chi connectivity index (χ4n) is 0.889. The highest BCUT2D eigenvalue weighted by molar-refractivity contribution is 5.89. The Bertz CT molecular complexity index is 404. The molecule has 1 rings (SSSR count). The van der Waals surface area contributed by atoms with E-state index in [9.17, 15) is 4.79 Å². The lowest BCUT2D eigenvalue weighted by atomic mass is 10.3. The van der Waals surface area contributed by atoms with Crippen molar-refractivity contribution in [3.05, 3.63) is 23.9 Å². The Morgan fingerprint density at radius 3 is 3.07 bits per heavy atom. The fraction of sp³-hybridized carbons (Fsp3) is 0.273. The fourth-order valence-corrected chi connectivity index (χ4v) is 0.889. The van der Waals surface area contributed by atoms with Crippen LogP contribution in [0, 0.1) is 11.8 Å². The Kier molecular flexibility index (Phi) is 4.17. The van der Waals surface area contributed by atoms with Crippen LogP contribution in [0.5, 0.6) is 5.88 Å². The molecule has 4 nitrogen and oxygen atoms in total. The highest BCUT2D eigenvalue weighted by Gasteiger charge is 1.95. The molecule has 0 saturated heterocycles. The Balaban J connectivity index is 2.75. The van der Waals surface area contributed by atoms with E-state index in [-0.39, 0.29) is 0 Å². The molecular formula is C11H11NO3. The van der Waals surface area contributed by atoms with Crippen molar-refractivity contribution >= 4 is 5.97 Å². The number of carbonyl (C=O) groups is 1. The minimum absolute atomic E-state index is 0.327. The van der Waals surface area contributed by atoms with Crippen molar-refractivity contribution < 1.29 is 14.3 Å². The van der Waals surface area contributed by atoms with Gasteiger partial charge in [-0.1, -0.05) is 5.92 Å². The third-order valence-corrected chi connectivity index (χ3v) is 1.53. The largest absolute Gasteiger partial charge is 0.481 e. The van der Waals surface area contributed by atoms with E-state index in [4.69, 9.17) is 4.74 Å². The van der Waals surface area contributed by atoms with Crippen LogP contribution in [0.15, 0.2) is 18.3 Å². The van der Waals surface area contributed by atoms with Gasteiger partial charge in [0.15, 0.2) is 0 Å². The van der Waals surface area contributed by atoms with E-state index < -0.39 is 5.97 Å². The van der Waals surface area contributed by atoms with Crippen molar-refractivity contribution in [1.29, 1.82) is 0 Å². The molecule has 15 heavy (non-hydrogen) atoms. The monoisotopic (exact) mass is 205 g/mol. The van der Waals surface area contributed by atoms with Crippen LogP contribution in [-0.2, 0) is 9.53 Å². The molecule has 0 radical (unpaired) electrons. The van der Waals surface area contributed by atoms with Crippen molar-refractivity contribution in [3.8, 4) is 17.7 Å². The minimum atomic E-state index is -0.534. The average Bonchev–Trinajstić information content (AvgIpc) is 2.27. The first kappa shape index (κ1) is 11.1. The van der Waals surface area contributed by atoms with Crippen molar-refractivity contribution in [2.45, 2.75) is 6.92 Å². The lowest BCUT2D eigenvalue weighted by molar-refractivity contribution is -0.136. The molecule has 1 aromatic rings. The van der Waals surface area contributed by atoms with Gasteiger partial charge in [0.25, 0.3) is 0 Å². The van der Waals surface area contributed by atoms with Gasteiger partial charge in [-0.05, 0) is 13.0 Å². The zero-order valence-corrected chi connectivity index (χ0v) is 8.61. The molecule has 0 aromatic carbocycles. The van der Waals surface area contributed by atoms with Crippen LogP contribution in [0.4, 0.5) is 0 Å². The van der Waals surface area contributed by atoms with E-state index in [1.165, 1.54) is 7.11 Å². The second kappa shape index (κ2) is 5.66. The first-order valence-electron chi connectivity index (χ1n) is 4.45. The molecule has 0 N–H and O–H groups in total. The number of ether oxygens (including phenoxy) is 2. The molecule has 0 saturated carbocycles. The highest BCUT2D eigenvalue weighted by atomic mass is 16.5. The first-order chi connectivity index (χ1) is 7.26. The maximum atomic E-state index is 10.9. The highest BCUT2D eigenvalue weighted by Crippen LogP contribution is 2.06. The Labute approximate surface area is 88.2 Å². The van der Waals surface area contributed by atoms with Crippen LogP contribution in [0.2, 0.25) is 0 Å². The summed E-state index contributed by atoms with van der Waals surface area (Å²) in [6, 6.07) is 3.33. The number of nitrogens with zero attached hydrogens (tertiary/aromatic N) is 1. The molecule has 78 valence electrons. The van der Waals surface area contributed by atoms with Gasteiger partial charge in [-0.2, -0.15) is 0 Å². The maximum absolute atomic E-state index is 10.9. The molecule has 0 fully saturated rings. The molecule has 0 aliphatic heterocycles. The van der Waals surface area contributed by atoms with Gasteiger partial charge in [0.2, 0.25) is 5.88 Å². The molecule has 0 aliphatic rings. The average molecular weight is 205 g/mol. The van der Waals surface area contributed by atoms with Gasteiger partial charge in [0.1, 0.15) is 0 Å². The van der Waals surface area contributed by atoms with Gasteiger partial charge in [-0.15, -0.1) is 0 Å². The Morgan fingerprint density at radius 2 is 2.40 bits per heavy atom. The smallest absolute Gasteiger partial charge is 0.384 e. The second-order valence-corrected chi connectivity index (χ2v) is 2.56. The van der Waals surface area contributed by atoms with Crippen molar-refractivity contribution in [2.75, 3.05) is 13.7 Å². The lowest BCUT2D eigenvalue weighted by Gasteiger charge is -1.96. The molecule has 1 aromatic heterocycles. The van der Waals surface area contributed by atoms with E-state index in [0.29, 0.717) is 18.1 Å². The van der Waals surface area contributed by atoms with E-state index in [1.807, 2.05) is 0 Å². The summed E-state index contributed by atoms with van der Waals surface area (Å²) in [5.74, 6) is 4.95. The molecular weight excluding hydrogens is 194 g/mol. The van der Waals surface area contributed by atoms with Gasteiger partial charge >= 0.3 is 5.97 Å². The number of esters is 1. The minimum Gasteiger partial charge on any atom is -0.481 e. The third kappa shape index (κ3) is 3.69. The molecule has 4 heteroatoms. The second-order valence-electron chi connectivity index (χ2n) is 2.56. The summed E-state index contributed by atoms with van der Waals surface area (Å²) in [5, 5.41) is 0. The standard InChI is InChI=1S/C11H11NO3/c1-3-15-11(13)5-4-9-6-7-12-10(8-9)14-2/h6-8H,3H2,1-2H3. The Hall–Kier alpha value is -2.02. The predicted molar refractivity (Wildman–Crippen MR) is 54.3 cm³/mol. The number of carbonyl (C=O) groups excluding carboxylic acids is 1. The summed E-state index contributed by atoms with van der Waals surface area (Å²) >= 11 is 0. The van der Waals surface area contributed by atoms with Crippen LogP contribution >= 0.6 is 0 Å². The van der Waals surface area contributed by atoms with Crippen LogP contribution in [-0.4, -0.2) is 24.7 Å². The number of aromatic nitrogens is 1. The SMILES string of the molecule is CCOC(=O)C#Cc1ccnc(OC)c1. The van der Waals surface area contributed by atoms with Crippen molar-refractivity contribution in [1.82, 2.24) is 4.98 Å². The third-order valence-electron chi connectivity index (χ3n) is 1.53. The van der Waals surface area contributed by atoms with Crippen LogP contribution in [0.25, 0.3) is 0 Å². The molecule has 0 bridgehead atoms. The van der Waals surface area contributed by atoms with Crippen molar-refractivity contribution in [3.63, 3.8) is 0 Å². The maximum Gasteiger partial charge on any atom is 0.384 e. The first-order valence-corrected chi connectivity index (χ1v) is 4.45. The van der Waals surface area contributed by atoms with E-state index in [1.54, 1.807) is 25.3 Å². The van der Waals surface area contributed by atoms with E-state index >= 15 is 0 Å². The number of hydrogen-bond acceptors (Lipinski definition) is 4. The number of hydrogen-bond donors (Lipinski definition) is 0. The quantitative estimate of drug-likeness (QED) is 0.534. The summed E-state index contributed by atoms with van der Waals surface area (Å²) in [5.41, 5.74) is 0.662. The summed E-state index contributed by atoms with van der Waals surface area (Å²) in [6.07, 6.45) is 1.56. The zero-order chi connectivity index (χ0) is 11.1. The van der Waals surface area contributed by atoms with Gasteiger partial charge < -0.3 is 9.47 Å². The zero-order valence-electron chi connectivity index (χ0n) is 8.61. The van der Waals surface area contributed by atoms with Gasteiger partial charge in [0, 0.05) is 23.7 Å². The number of rotatable bonds is 2. The lowest BCUT2D eigenvalue weighted by Crippen LogP contribution is -1.99. The van der Waals surface area contributed by atoms with Gasteiger partial charge in [-0.3, -0.25) is 0 Å². The van der Waals surface area contributed by atoms with Crippen LogP contribution in [0.3, 0.4) is 0 Å². The summed E-state index contributed by atoms with van der Waals surface area (Å²) in [6.45, 7) is 2.06. The predicted octanol–water partition coefficient (Wildman–Crippen LogP) is 1.00. The van der Waals surface area contributed by atoms with E-state index in [2.05, 4.69) is 21.6 Å². The van der Waals surface area contributed by atoms with E-state index in [0.717, 1.165) is 0 Å². The summed E-state index contributed by atoms with van der Waals surface area (Å²) < 4.78 is 9.57. The normalized spacial score (nSPS) is 8.67. The molecule has 0 atom stereocenters. The topological polar surface area (TPSA) is 48.4 Å². The van der Waals surface area contributed by atoms with Gasteiger partial charge in [0.05, 0.1) is 13.7 Å².